The highest BCUT2D eigenvalue weighted by Crippen LogP contribution is 2.26. The largest absolute Gasteiger partial charge is 0.444 e. The van der Waals surface area contributed by atoms with E-state index in [-0.39, 0.29) is 6.04 Å². The van der Waals surface area contributed by atoms with E-state index in [0.717, 1.165) is 22.6 Å². The fourth-order valence-electron chi connectivity index (χ4n) is 2.22. The number of amides is 1. The number of hydrogen-bond donors (Lipinski definition) is 4. The van der Waals surface area contributed by atoms with Gasteiger partial charge >= 0.3 is 6.09 Å². The Hall–Kier alpha value is -1.73. The number of anilines is 1. The number of nitrogens with two attached hydrogens (primary N) is 1. The maximum Gasteiger partial charge on any atom is 0.408 e. The summed E-state index contributed by atoms with van der Waals surface area (Å²) in [7, 11) is 0. The molecule has 0 aliphatic carbocycles. The minimum Gasteiger partial charge on any atom is -0.444 e. The normalized spacial score (nSPS) is 12.4. The summed E-state index contributed by atoms with van der Waals surface area (Å²) in [5, 5.41) is 14.2. The van der Waals surface area contributed by atoms with Gasteiger partial charge < -0.3 is 21.1 Å². The van der Waals surface area contributed by atoms with Gasteiger partial charge in [0.2, 0.25) is 0 Å². The third kappa shape index (κ3) is 6.41. The number of benzene rings is 1. The summed E-state index contributed by atoms with van der Waals surface area (Å²) in [6, 6.07) is 5.43. The molecule has 1 atom stereocenters. The number of ether oxygens (including phenoxy) is 1. The Kier molecular flexibility index (Phi) is 7.57. The van der Waals surface area contributed by atoms with Crippen LogP contribution in [0.4, 0.5) is 10.5 Å². The van der Waals surface area contributed by atoms with Crippen molar-refractivity contribution in [3.8, 4) is 0 Å². The average Bonchev–Trinajstić information content (AvgIpc) is 2.44. The van der Waals surface area contributed by atoms with Crippen molar-refractivity contribution in [2.75, 3.05) is 11.1 Å². The summed E-state index contributed by atoms with van der Waals surface area (Å²) in [5.41, 5.74) is 7.94. The van der Waals surface area contributed by atoms with E-state index in [4.69, 9.17) is 15.9 Å². The van der Waals surface area contributed by atoms with Crippen molar-refractivity contribution < 1.29 is 9.53 Å². The van der Waals surface area contributed by atoms with Crippen molar-refractivity contribution in [2.45, 2.75) is 52.8 Å². The summed E-state index contributed by atoms with van der Waals surface area (Å²) in [6.45, 7) is 9.66. The van der Waals surface area contributed by atoms with E-state index >= 15 is 0 Å². The van der Waals surface area contributed by atoms with Crippen LogP contribution in [0.5, 0.6) is 0 Å². The topological polar surface area (TPSA) is 100 Å². The molecule has 0 saturated carbocycles. The number of nitrogens with one attached hydrogen (secondary N) is 3. The first-order valence-electron chi connectivity index (χ1n) is 7.97. The van der Waals surface area contributed by atoms with Crippen LogP contribution in [0.25, 0.3) is 0 Å². The molecule has 0 spiro atoms. The third-order valence-corrected chi connectivity index (χ3v) is 3.83. The number of carbonyl (C=O) groups excluding carboxylic acids is 1. The first-order valence-corrected chi connectivity index (χ1v) is 8.96. The molecule has 0 fully saturated rings. The zero-order chi connectivity index (χ0) is 18.3. The molecule has 1 aromatic rings. The molecule has 0 saturated heterocycles. The second-order valence-corrected chi connectivity index (χ2v) is 7.61. The molecule has 24 heavy (non-hydrogen) atoms. The van der Waals surface area contributed by atoms with E-state index in [1.807, 2.05) is 52.8 Å². The van der Waals surface area contributed by atoms with Gasteiger partial charge in [0.25, 0.3) is 0 Å². The van der Waals surface area contributed by atoms with Crippen LogP contribution in [-0.4, -0.2) is 22.6 Å². The summed E-state index contributed by atoms with van der Waals surface area (Å²) < 4.78 is 5.30. The summed E-state index contributed by atoms with van der Waals surface area (Å²) in [6.07, 6.45) is -0.467. The molecular weight excluding hydrogens is 324 g/mol. The minimum absolute atomic E-state index is 0.256. The van der Waals surface area contributed by atoms with Crippen LogP contribution in [-0.2, 0) is 11.3 Å². The highest BCUT2D eigenvalue weighted by molar-refractivity contribution is 8.14. The second kappa shape index (κ2) is 8.94. The maximum atomic E-state index is 12.0. The van der Waals surface area contributed by atoms with Crippen molar-refractivity contribution in [2.24, 2.45) is 5.73 Å². The Morgan fingerprint density at radius 1 is 1.42 bits per heavy atom. The second-order valence-electron chi connectivity index (χ2n) is 6.33. The molecule has 6 nitrogen and oxygen atoms in total. The van der Waals surface area contributed by atoms with E-state index < -0.39 is 11.7 Å². The van der Waals surface area contributed by atoms with Gasteiger partial charge in [-0.2, -0.15) is 0 Å². The fraction of sp³-hybridized carbons (Fsp3) is 0.529. The number of carbonyl (C=O) groups is 1. The molecule has 0 aliphatic rings. The lowest BCUT2D eigenvalue weighted by atomic mass is 9.99. The Morgan fingerprint density at radius 3 is 2.62 bits per heavy atom. The van der Waals surface area contributed by atoms with Crippen molar-refractivity contribution in [3.63, 3.8) is 0 Å². The van der Waals surface area contributed by atoms with Gasteiger partial charge in [-0.3, -0.25) is 5.41 Å². The predicted octanol–water partition coefficient (Wildman–Crippen LogP) is 3.83. The molecule has 0 heterocycles. The first kappa shape index (κ1) is 20.3. The summed E-state index contributed by atoms with van der Waals surface area (Å²) >= 11 is 1.42. The van der Waals surface area contributed by atoms with E-state index in [1.165, 1.54) is 11.8 Å². The molecule has 0 aliphatic heterocycles. The SMILES string of the molecule is CCSC(=N)Nc1cccc(C(C)NC(=O)OC(C)(C)C)c1CN. The summed E-state index contributed by atoms with van der Waals surface area (Å²) in [4.78, 5) is 12.0. The van der Waals surface area contributed by atoms with Crippen molar-refractivity contribution in [1.29, 1.82) is 5.41 Å². The van der Waals surface area contributed by atoms with Crippen LogP contribution in [0.1, 0.15) is 51.8 Å². The van der Waals surface area contributed by atoms with E-state index in [0.29, 0.717) is 11.7 Å². The molecule has 134 valence electrons. The predicted molar refractivity (Wildman–Crippen MR) is 102 cm³/mol. The minimum atomic E-state index is -0.545. The Balaban J connectivity index is 2.94. The number of rotatable bonds is 5. The number of thioether (sulfide) groups is 1. The van der Waals surface area contributed by atoms with E-state index in [2.05, 4.69) is 10.6 Å². The van der Waals surface area contributed by atoms with Gasteiger partial charge in [0.1, 0.15) is 5.60 Å². The zero-order valence-electron chi connectivity index (χ0n) is 15.0. The first-order chi connectivity index (χ1) is 11.2. The molecule has 1 amide bonds. The van der Waals surface area contributed by atoms with Crippen LogP contribution in [0.15, 0.2) is 18.2 Å². The van der Waals surface area contributed by atoms with Crippen molar-refractivity contribution >= 4 is 28.7 Å². The fourth-order valence-corrected chi connectivity index (χ4v) is 2.69. The maximum absolute atomic E-state index is 12.0. The quantitative estimate of drug-likeness (QED) is 0.477. The van der Waals surface area contributed by atoms with E-state index in [1.54, 1.807) is 0 Å². The Labute approximate surface area is 148 Å². The lowest BCUT2D eigenvalue weighted by Crippen LogP contribution is -2.34. The van der Waals surface area contributed by atoms with Crippen LogP contribution >= 0.6 is 11.8 Å². The van der Waals surface area contributed by atoms with Crippen molar-refractivity contribution in [1.82, 2.24) is 5.32 Å². The average molecular weight is 353 g/mol. The van der Waals surface area contributed by atoms with Gasteiger partial charge in [0, 0.05) is 12.2 Å². The van der Waals surface area contributed by atoms with Crippen LogP contribution in [0.3, 0.4) is 0 Å². The Bertz CT molecular complexity index is 584. The van der Waals surface area contributed by atoms with Gasteiger partial charge in [-0.05, 0) is 50.6 Å². The monoisotopic (exact) mass is 352 g/mol. The zero-order valence-corrected chi connectivity index (χ0v) is 15.8. The molecule has 1 aromatic carbocycles. The van der Waals surface area contributed by atoms with Gasteiger partial charge in [-0.1, -0.05) is 30.8 Å². The smallest absolute Gasteiger partial charge is 0.408 e. The Morgan fingerprint density at radius 2 is 2.08 bits per heavy atom. The molecule has 1 rings (SSSR count). The van der Waals surface area contributed by atoms with Crippen LogP contribution < -0.4 is 16.4 Å². The number of alkyl carbamates (subject to hydrolysis) is 1. The summed E-state index contributed by atoms with van der Waals surface area (Å²) in [5.74, 6) is 0.820. The lowest BCUT2D eigenvalue weighted by molar-refractivity contribution is 0.0508. The molecule has 0 radical (unpaired) electrons. The number of hydrogen-bond acceptors (Lipinski definition) is 5. The molecule has 5 N–H and O–H groups in total. The third-order valence-electron chi connectivity index (χ3n) is 3.15. The standard InChI is InChI=1S/C17H28N4O2S/c1-6-24-15(19)21-14-9-7-8-12(13(14)10-18)11(2)20-16(22)23-17(3,4)5/h7-9,11H,6,10,18H2,1-5H3,(H2,19,21)(H,20,22). The van der Waals surface area contributed by atoms with Gasteiger partial charge in [-0.25, -0.2) is 4.79 Å². The molecule has 0 aromatic heterocycles. The van der Waals surface area contributed by atoms with Crippen LogP contribution in [0.2, 0.25) is 0 Å². The lowest BCUT2D eigenvalue weighted by Gasteiger charge is -2.24. The van der Waals surface area contributed by atoms with E-state index in [9.17, 15) is 4.79 Å². The number of amidine groups is 1. The molecule has 1 unspecified atom stereocenters. The highest BCUT2D eigenvalue weighted by atomic mass is 32.2. The van der Waals surface area contributed by atoms with Gasteiger partial charge in [0.15, 0.2) is 5.17 Å². The molecule has 7 heteroatoms. The van der Waals surface area contributed by atoms with Gasteiger partial charge in [-0.15, -0.1) is 0 Å². The van der Waals surface area contributed by atoms with Crippen LogP contribution in [0, 0.1) is 5.41 Å². The molecule has 0 bridgehead atoms. The van der Waals surface area contributed by atoms with Gasteiger partial charge in [0.05, 0.1) is 6.04 Å². The van der Waals surface area contributed by atoms with Crippen molar-refractivity contribution in [3.05, 3.63) is 29.3 Å². The molecular formula is C17H28N4O2S. The highest BCUT2D eigenvalue weighted by Gasteiger charge is 2.20.